The van der Waals surface area contributed by atoms with Crippen molar-refractivity contribution in [2.75, 3.05) is 18.0 Å². The number of anilines is 1. The molecule has 1 aromatic rings. The van der Waals surface area contributed by atoms with Crippen molar-refractivity contribution in [3.8, 4) is 6.07 Å². The second-order valence-electron chi connectivity index (χ2n) is 7.42. The van der Waals surface area contributed by atoms with Gasteiger partial charge in [-0.25, -0.2) is 4.98 Å². The van der Waals surface area contributed by atoms with Crippen LogP contribution in [0.15, 0.2) is 6.07 Å². The van der Waals surface area contributed by atoms with Gasteiger partial charge >= 0.3 is 0 Å². The summed E-state index contributed by atoms with van der Waals surface area (Å²) in [5, 5.41) is 12.5. The summed E-state index contributed by atoms with van der Waals surface area (Å²) < 4.78 is 0. The standard InChI is InChI=1S/C18H26N4O/c1-12-9-13(2)20-16(15(12)10-19)22-8-6-7-14(11-22)17(23)21-18(3,4)5/h9,14H,6-8,11H2,1-5H3,(H,21,23). The Kier molecular flexibility index (Phi) is 4.93. The SMILES string of the molecule is Cc1cc(C)c(C#N)c(N2CCCC(C(=O)NC(C)(C)C)C2)n1. The van der Waals surface area contributed by atoms with Crippen molar-refractivity contribution in [2.45, 2.75) is 53.0 Å². The van der Waals surface area contributed by atoms with Crippen LogP contribution in [0.3, 0.4) is 0 Å². The molecular formula is C18H26N4O. The third-order valence-corrected chi connectivity index (χ3v) is 4.03. The number of amides is 1. The first-order valence-corrected chi connectivity index (χ1v) is 8.16. The van der Waals surface area contributed by atoms with Crippen molar-refractivity contribution in [3.05, 3.63) is 22.9 Å². The lowest BCUT2D eigenvalue weighted by atomic mass is 9.95. The quantitative estimate of drug-likeness (QED) is 0.911. The van der Waals surface area contributed by atoms with Gasteiger partial charge < -0.3 is 10.2 Å². The third kappa shape index (κ3) is 4.22. The molecule has 5 heteroatoms. The van der Waals surface area contributed by atoms with Crippen molar-refractivity contribution in [1.82, 2.24) is 10.3 Å². The summed E-state index contributed by atoms with van der Waals surface area (Å²) in [7, 11) is 0. The zero-order valence-corrected chi connectivity index (χ0v) is 14.7. The summed E-state index contributed by atoms with van der Waals surface area (Å²) in [5.74, 6) is 0.750. The Balaban J connectivity index is 2.22. The van der Waals surface area contributed by atoms with Crippen LogP contribution in [0, 0.1) is 31.1 Å². The molecule has 2 heterocycles. The molecule has 0 spiro atoms. The molecule has 1 atom stereocenters. The van der Waals surface area contributed by atoms with Gasteiger partial charge in [0.25, 0.3) is 0 Å². The Morgan fingerprint density at radius 3 is 2.74 bits per heavy atom. The highest BCUT2D eigenvalue weighted by atomic mass is 16.2. The van der Waals surface area contributed by atoms with Gasteiger partial charge in [-0.1, -0.05) is 0 Å². The smallest absolute Gasteiger partial charge is 0.225 e. The second-order valence-corrected chi connectivity index (χ2v) is 7.42. The van der Waals surface area contributed by atoms with E-state index in [2.05, 4.69) is 21.3 Å². The van der Waals surface area contributed by atoms with Crippen LogP contribution in [0.5, 0.6) is 0 Å². The number of hydrogen-bond acceptors (Lipinski definition) is 4. The minimum absolute atomic E-state index is 0.0582. The van der Waals surface area contributed by atoms with Crippen LogP contribution in [0.25, 0.3) is 0 Å². The van der Waals surface area contributed by atoms with E-state index in [1.54, 1.807) is 0 Å². The zero-order valence-electron chi connectivity index (χ0n) is 14.7. The van der Waals surface area contributed by atoms with Crippen LogP contribution in [0.2, 0.25) is 0 Å². The molecule has 1 saturated heterocycles. The molecular weight excluding hydrogens is 288 g/mol. The number of piperidine rings is 1. The summed E-state index contributed by atoms with van der Waals surface area (Å²) in [6.07, 6.45) is 1.81. The third-order valence-electron chi connectivity index (χ3n) is 4.03. The maximum Gasteiger partial charge on any atom is 0.225 e. The summed E-state index contributed by atoms with van der Waals surface area (Å²) in [5.41, 5.74) is 2.23. The summed E-state index contributed by atoms with van der Waals surface area (Å²) in [4.78, 5) is 19.1. The number of nitriles is 1. The molecule has 23 heavy (non-hydrogen) atoms. The van der Waals surface area contributed by atoms with E-state index >= 15 is 0 Å². The molecule has 1 aromatic heterocycles. The fraction of sp³-hybridized carbons (Fsp3) is 0.611. The van der Waals surface area contributed by atoms with E-state index in [9.17, 15) is 10.1 Å². The molecule has 1 aliphatic heterocycles. The highest BCUT2D eigenvalue weighted by Gasteiger charge is 2.29. The van der Waals surface area contributed by atoms with Crippen molar-refractivity contribution in [1.29, 1.82) is 5.26 Å². The minimum atomic E-state index is -0.227. The predicted octanol–water partition coefficient (Wildman–Crippen LogP) is 2.70. The zero-order chi connectivity index (χ0) is 17.2. The fourth-order valence-electron chi connectivity index (χ4n) is 3.04. The van der Waals surface area contributed by atoms with E-state index in [4.69, 9.17) is 0 Å². The lowest BCUT2D eigenvalue weighted by Gasteiger charge is -2.35. The predicted molar refractivity (Wildman–Crippen MR) is 91.3 cm³/mol. The van der Waals surface area contributed by atoms with Crippen LogP contribution < -0.4 is 10.2 Å². The molecule has 0 saturated carbocycles. The number of carbonyl (C=O) groups is 1. The first-order chi connectivity index (χ1) is 10.7. The molecule has 0 radical (unpaired) electrons. The van der Waals surface area contributed by atoms with Gasteiger partial charge in [-0.05, 0) is 59.1 Å². The van der Waals surface area contributed by atoms with E-state index in [1.165, 1.54) is 0 Å². The maximum absolute atomic E-state index is 12.5. The Hall–Kier alpha value is -2.09. The van der Waals surface area contributed by atoms with Gasteiger partial charge in [0.2, 0.25) is 5.91 Å². The summed E-state index contributed by atoms with van der Waals surface area (Å²) in [6, 6.07) is 4.19. The van der Waals surface area contributed by atoms with Gasteiger partial charge in [-0.3, -0.25) is 4.79 Å². The lowest BCUT2D eigenvalue weighted by Crippen LogP contribution is -2.49. The van der Waals surface area contributed by atoms with Crippen LogP contribution in [0.4, 0.5) is 5.82 Å². The largest absolute Gasteiger partial charge is 0.355 e. The maximum atomic E-state index is 12.5. The van der Waals surface area contributed by atoms with Gasteiger partial charge in [0.1, 0.15) is 11.9 Å². The van der Waals surface area contributed by atoms with Crippen molar-refractivity contribution >= 4 is 11.7 Å². The molecule has 1 amide bonds. The number of pyridine rings is 1. The molecule has 124 valence electrons. The molecule has 1 N–H and O–H groups in total. The van der Waals surface area contributed by atoms with Crippen molar-refractivity contribution in [3.63, 3.8) is 0 Å². The molecule has 0 aromatic carbocycles. The van der Waals surface area contributed by atoms with E-state index in [0.29, 0.717) is 12.1 Å². The first-order valence-electron chi connectivity index (χ1n) is 8.16. The molecule has 2 rings (SSSR count). The molecule has 1 fully saturated rings. The van der Waals surface area contributed by atoms with E-state index in [0.717, 1.165) is 36.5 Å². The van der Waals surface area contributed by atoms with Crippen LogP contribution in [-0.2, 0) is 4.79 Å². The minimum Gasteiger partial charge on any atom is -0.355 e. The number of rotatable bonds is 2. The Morgan fingerprint density at radius 2 is 2.13 bits per heavy atom. The Bertz CT molecular complexity index is 640. The first kappa shape index (κ1) is 17.3. The van der Waals surface area contributed by atoms with E-state index in [-0.39, 0.29) is 17.4 Å². The number of aryl methyl sites for hydroxylation is 2. The number of hydrogen-bond donors (Lipinski definition) is 1. The van der Waals surface area contributed by atoms with Gasteiger partial charge in [0.15, 0.2) is 0 Å². The summed E-state index contributed by atoms with van der Waals surface area (Å²) >= 11 is 0. The van der Waals surface area contributed by atoms with Crippen LogP contribution >= 0.6 is 0 Å². The van der Waals surface area contributed by atoms with Crippen molar-refractivity contribution in [2.24, 2.45) is 5.92 Å². The van der Waals surface area contributed by atoms with Crippen LogP contribution in [-0.4, -0.2) is 29.5 Å². The average Bonchev–Trinajstić information content (AvgIpc) is 2.45. The molecule has 1 aliphatic rings. The van der Waals surface area contributed by atoms with Gasteiger partial charge in [-0.2, -0.15) is 5.26 Å². The number of nitrogens with one attached hydrogen (secondary N) is 1. The van der Waals surface area contributed by atoms with Gasteiger partial charge in [0.05, 0.1) is 11.5 Å². The summed E-state index contributed by atoms with van der Waals surface area (Å²) in [6.45, 7) is 11.3. The van der Waals surface area contributed by atoms with E-state index < -0.39 is 0 Å². The molecule has 1 unspecified atom stereocenters. The molecule has 5 nitrogen and oxygen atoms in total. The number of nitrogens with zero attached hydrogens (tertiary/aromatic N) is 3. The van der Waals surface area contributed by atoms with Crippen molar-refractivity contribution < 1.29 is 4.79 Å². The average molecular weight is 314 g/mol. The topological polar surface area (TPSA) is 69.0 Å². The van der Waals surface area contributed by atoms with Gasteiger partial charge in [0, 0.05) is 24.3 Å². The molecule has 0 aliphatic carbocycles. The number of carbonyl (C=O) groups excluding carboxylic acids is 1. The number of aromatic nitrogens is 1. The lowest BCUT2D eigenvalue weighted by molar-refractivity contribution is -0.126. The second kappa shape index (κ2) is 6.57. The highest BCUT2D eigenvalue weighted by molar-refractivity contribution is 5.80. The Morgan fingerprint density at radius 1 is 1.43 bits per heavy atom. The Labute approximate surface area is 138 Å². The normalized spacial score (nSPS) is 18.4. The molecule has 0 bridgehead atoms. The van der Waals surface area contributed by atoms with Gasteiger partial charge in [-0.15, -0.1) is 0 Å². The highest BCUT2D eigenvalue weighted by Crippen LogP contribution is 2.27. The fourth-order valence-corrected chi connectivity index (χ4v) is 3.04. The van der Waals surface area contributed by atoms with E-state index in [1.807, 2.05) is 40.7 Å². The monoisotopic (exact) mass is 314 g/mol. The van der Waals surface area contributed by atoms with Crippen LogP contribution in [0.1, 0.15) is 50.4 Å².